The zero-order valence-corrected chi connectivity index (χ0v) is 17.3. The van der Waals surface area contributed by atoms with Gasteiger partial charge in [0.1, 0.15) is 0 Å². The van der Waals surface area contributed by atoms with E-state index in [0.29, 0.717) is 5.46 Å². The third kappa shape index (κ3) is 2.81. The molecule has 1 aliphatic rings. The van der Waals surface area contributed by atoms with E-state index in [0.717, 1.165) is 34.4 Å². The molecule has 0 saturated heterocycles. The summed E-state index contributed by atoms with van der Waals surface area (Å²) in [6.07, 6.45) is 4.65. The van der Waals surface area contributed by atoms with Crippen molar-refractivity contribution in [2.45, 2.75) is 25.7 Å². The monoisotopic (exact) mass is 402 g/mol. The second-order valence-electron chi connectivity index (χ2n) is 8.56. The summed E-state index contributed by atoms with van der Waals surface area (Å²) in [5, 5.41) is 27.2. The van der Waals surface area contributed by atoms with Crippen LogP contribution in [0.25, 0.3) is 43.4 Å². The predicted octanol–water partition coefficient (Wildman–Crippen LogP) is 5.37. The van der Waals surface area contributed by atoms with Crippen molar-refractivity contribution < 1.29 is 10.0 Å². The SMILES string of the molecule is OB(O)c1c2ccccc2c(-c2cc3ccccc3c3c2CCCC3)c2ccccc12. The van der Waals surface area contributed by atoms with Crippen LogP contribution in [-0.2, 0) is 12.8 Å². The minimum atomic E-state index is -1.52. The fourth-order valence-electron chi connectivity index (χ4n) is 5.59. The van der Waals surface area contributed by atoms with Gasteiger partial charge in [-0.2, -0.15) is 0 Å². The summed E-state index contributed by atoms with van der Waals surface area (Å²) >= 11 is 0. The number of rotatable bonds is 2. The highest BCUT2D eigenvalue weighted by atomic mass is 16.4. The Morgan fingerprint density at radius 2 is 1.10 bits per heavy atom. The number of aryl methyl sites for hydroxylation is 1. The van der Waals surface area contributed by atoms with Gasteiger partial charge < -0.3 is 10.0 Å². The normalized spacial score (nSPS) is 13.6. The van der Waals surface area contributed by atoms with Gasteiger partial charge >= 0.3 is 7.12 Å². The standard InChI is InChI=1S/C28H23BO2/c30-29(31)28-24-15-7-5-13-22(24)27(23-14-6-8-16-25(23)28)26-17-18-9-1-2-10-19(18)20-11-3-4-12-21(20)26/h1-2,5-10,13-17,30-31H,3-4,11-12H2. The minimum absolute atomic E-state index is 0.588. The zero-order chi connectivity index (χ0) is 20.9. The molecular weight excluding hydrogens is 379 g/mol. The van der Waals surface area contributed by atoms with Crippen LogP contribution >= 0.6 is 0 Å². The molecule has 3 heteroatoms. The lowest BCUT2D eigenvalue weighted by molar-refractivity contribution is 0.426. The van der Waals surface area contributed by atoms with Gasteiger partial charge in [-0.1, -0.05) is 72.8 Å². The van der Waals surface area contributed by atoms with Crippen LogP contribution in [0.2, 0.25) is 0 Å². The summed E-state index contributed by atoms with van der Waals surface area (Å²) in [5.41, 5.74) is 6.03. The molecule has 1 aliphatic carbocycles. The zero-order valence-electron chi connectivity index (χ0n) is 17.3. The first-order valence-electron chi connectivity index (χ1n) is 11.1. The van der Waals surface area contributed by atoms with E-state index in [-0.39, 0.29) is 0 Å². The lowest BCUT2D eigenvalue weighted by Gasteiger charge is -2.24. The molecule has 0 heterocycles. The summed E-state index contributed by atoms with van der Waals surface area (Å²) in [5.74, 6) is 0. The van der Waals surface area contributed by atoms with Crippen molar-refractivity contribution in [3.8, 4) is 11.1 Å². The van der Waals surface area contributed by atoms with Gasteiger partial charge in [-0.15, -0.1) is 0 Å². The smallest absolute Gasteiger partial charge is 0.423 e. The molecule has 5 aromatic carbocycles. The number of hydrogen-bond acceptors (Lipinski definition) is 2. The van der Waals surface area contributed by atoms with Crippen LogP contribution in [0.3, 0.4) is 0 Å². The van der Waals surface area contributed by atoms with Crippen LogP contribution in [0.4, 0.5) is 0 Å². The molecule has 0 radical (unpaired) electrons. The first-order chi connectivity index (χ1) is 15.2. The van der Waals surface area contributed by atoms with E-state index in [4.69, 9.17) is 0 Å². The van der Waals surface area contributed by atoms with Gasteiger partial charge in [0.05, 0.1) is 0 Å². The lowest BCUT2D eigenvalue weighted by atomic mass is 9.71. The molecule has 0 atom stereocenters. The first-order valence-corrected chi connectivity index (χ1v) is 11.1. The second kappa shape index (κ2) is 7.23. The van der Waals surface area contributed by atoms with Crippen molar-refractivity contribution in [2.24, 2.45) is 0 Å². The Bertz CT molecular complexity index is 1410. The fraction of sp³-hybridized carbons (Fsp3) is 0.143. The van der Waals surface area contributed by atoms with Crippen LogP contribution in [0, 0.1) is 0 Å². The second-order valence-corrected chi connectivity index (χ2v) is 8.56. The van der Waals surface area contributed by atoms with Gasteiger partial charge in [0.25, 0.3) is 0 Å². The number of fused-ring (bicyclic) bond motifs is 5. The fourth-order valence-corrected chi connectivity index (χ4v) is 5.59. The molecule has 31 heavy (non-hydrogen) atoms. The summed E-state index contributed by atoms with van der Waals surface area (Å²) in [4.78, 5) is 0. The molecule has 0 bridgehead atoms. The molecule has 2 nitrogen and oxygen atoms in total. The van der Waals surface area contributed by atoms with Crippen molar-refractivity contribution in [1.82, 2.24) is 0 Å². The third-order valence-corrected chi connectivity index (χ3v) is 6.88. The van der Waals surface area contributed by atoms with Crippen molar-refractivity contribution in [2.75, 3.05) is 0 Å². The number of hydrogen-bond donors (Lipinski definition) is 2. The maximum absolute atomic E-state index is 10.3. The van der Waals surface area contributed by atoms with E-state index >= 15 is 0 Å². The van der Waals surface area contributed by atoms with Crippen LogP contribution < -0.4 is 5.46 Å². The average Bonchev–Trinajstić information content (AvgIpc) is 2.82. The molecule has 5 aromatic rings. The topological polar surface area (TPSA) is 40.5 Å². The van der Waals surface area contributed by atoms with E-state index in [1.165, 1.54) is 45.9 Å². The van der Waals surface area contributed by atoms with Gasteiger partial charge in [0, 0.05) is 0 Å². The molecule has 0 aromatic heterocycles. The highest BCUT2D eigenvalue weighted by Gasteiger charge is 2.25. The minimum Gasteiger partial charge on any atom is -0.423 e. The van der Waals surface area contributed by atoms with Crippen LogP contribution in [0.1, 0.15) is 24.0 Å². The van der Waals surface area contributed by atoms with E-state index in [9.17, 15) is 10.0 Å². The van der Waals surface area contributed by atoms with E-state index in [2.05, 4.69) is 42.5 Å². The quantitative estimate of drug-likeness (QED) is 0.308. The summed E-state index contributed by atoms with van der Waals surface area (Å²) in [6.45, 7) is 0. The maximum atomic E-state index is 10.3. The Morgan fingerprint density at radius 3 is 1.71 bits per heavy atom. The Balaban J connectivity index is 1.83. The molecular formula is C28H23BO2. The van der Waals surface area contributed by atoms with Crippen LogP contribution in [0.5, 0.6) is 0 Å². The van der Waals surface area contributed by atoms with Crippen molar-refractivity contribution in [3.63, 3.8) is 0 Å². The molecule has 0 unspecified atom stereocenters. The van der Waals surface area contributed by atoms with Crippen LogP contribution in [-0.4, -0.2) is 17.2 Å². The Morgan fingerprint density at radius 1 is 0.581 bits per heavy atom. The third-order valence-electron chi connectivity index (χ3n) is 6.88. The van der Waals surface area contributed by atoms with Crippen molar-refractivity contribution >= 4 is 44.9 Å². The largest absolute Gasteiger partial charge is 0.489 e. The Hall–Kier alpha value is -3.14. The molecule has 2 N–H and O–H groups in total. The van der Waals surface area contributed by atoms with Gasteiger partial charge in [-0.3, -0.25) is 0 Å². The first kappa shape index (κ1) is 18.6. The lowest BCUT2D eigenvalue weighted by Crippen LogP contribution is -2.31. The van der Waals surface area contributed by atoms with Gasteiger partial charge in [0.15, 0.2) is 0 Å². The Labute approximate surface area is 181 Å². The molecule has 0 amide bonds. The molecule has 150 valence electrons. The van der Waals surface area contributed by atoms with Crippen LogP contribution in [0.15, 0.2) is 78.9 Å². The van der Waals surface area contributed by atoms with Gasteiger partial charge in [-0.25, -0.2) is 0 Å². The van der Waals surface area contributed by atoms with E-state index < -0.39 is 7.12 Å². The maximum Gasteiger partial charge on any atom is 0.489 e. The van der Waals surface area contributed by atoms with E-state index in [1.807, 2.05) is 36.4 Å². The molecule has 0 aliphatic heterocycles. The molecule has 0 saturated carbocycles. The summed E-state index contributed by atoms with van der Waals surface area (Å²) in [7, 11) is -1.52. The highest BCUT2D eigenvalue weighted by Crippen LogP contribution is 2.42. The highest BCUT2D eigenvalue weighted by molar-refractivity contribution is 6.66. The van der Waals surface area contributed by atoms with Crippen molar-refractivity contribution in [1.29, 1.82) is 0 Å². The summed E-state index contributed by atoms with van der Waals surface area (Å²) < 4.78 is 0. The Kier molecular flexibility index (Phi) is 4.34. The van der Waals surface area contributed by atoms with E-state index in [1.54, 1.807) is 0 Å². The predicted molar refractivity (Wildman–Crippen MR) is 131 cm³/mol. The molecule has 6 rings (SSSR count). The average molecular weight is 402 g/mol. The summed E-state index contributed by atoms with van der Waals surface area (Å²) in [6, 6.07) is 27.4. The molecule has 0 fully saturated rings. The van der Waals surface area contributed by atoms with Gasteiger partial charge in [0.2, 0.25) is 0 Å². The van der Waals surface area contributed by atoms with Crippen molar-refractivity contribution in [3.05, 3.63) is 90.0 Å². The molecule has 0 spiro atoms. The number of benzene rings is 5. The van der Waals surface area contributed by atoms with Gasteiger partial charge in [-0.05, 0) is 91.8 Å².